The van der Waals surface area contributed by atoms with E-state index in [2.05, 4.69) is 72.8 Å². The maximum atomic E-state index is 12.5. The van der Waals surface area contributed by atoms with E-state index in [-0.39, 0.29) is 12.6 Å². The molecule has 4 aliphatic rings. The van der Waals surface area contributed by atoms with Crippen LogP contribution in [0.1, 0.15) is 60.4 Å². The Bertz CT molecular complexity index is 3160. The first-order valence-electron chi connectivity index (χ1n) is 22.1. The summed E-state index contributed by atoms with van der Waals surface area (Å²) < 4.78 is 46.8. The van der Waals surface area contributed by atoms with Crippen LogP contribution < -0.4 is 28.4 Å². The van der Waals surface area contributed by atoms with Crippen molar-refractivity contribution in [3.63, 3.8) is 0 Å². The normalized spacial score (nSPS) is 15.4. The summed E-state index contributed by atoms with van der Waals surface area (Å²) in [5.41, 5.74) is 8.26. The summed E-state index contributed by atoms with van der Waals surface area (Å²) in [6.45, 7) is 1.49. The lowest BCUT2D eigenvalue weighted by Gasteiger charge is -2.37. The van der Waals surface area contributed by atoms with Crippen LogP contribution in [0.5, 0.6) is 34.5 Å². The Morgan fingerprint density at radius 2 is 0.791 bits per heavy atom. The molecule has 8 aromatic carbocycles. The first kappa shape index (κ1) is 41.7. The Kier molecular flexibility index (Phi) is 10.4. The van der Waals surface area contributed by atoms with Crippen LogP contribution in [-0.2, 0) is 40.5 Å². The summed E-state index contributed by atoms with van der Waals surface area (Å²) in [5.74, 6) is 4.50. The van der Waals surface area contributed by atoms with Crippen LogP contribution in [-0.4, -0.2) is 34.4 Å². The Hall–Kier alpha value is -8.01. The van der Waals surface area contributed by atoms with Crippen molar-refractivity contribution in [2.75, 3.05) is 28.4 Å². The number of ether oxygens (including phenoxy) is 8. The lowest BCUT2D eigenvalue weighted by molar-refractivity contribution is 0.0536. The summed E-state index contributed by atoms with van der Waals surface area (Å²) in [5, 5.41) is 4.02. The summed E-state index contributed by atoms with van der Waals surface area (Å²) >= 11 is 0. The molecule has 4 heterocycles. The van der Waals surface area contributed by atoms with Crippen LogP contribution >= 0.6 is 0 Å². The van der Waals surface area contributed by atoms with Gasteiger partial charge in [0.15, 0.2) is 11.2 Å². The fraction of sp³-hybridized carbons (Fsp3) is 0.155. The van der Waals surface area contributed by atoms with Gasteiger partial charge in [0.25, 0.3) is 0 Å². The summed E-state index contributed by atoms with van der Waals surface area (Å²) in [7, 11) is 6.65. The van der Waals surface area contributed by atoms with E-state index in [1.807, 2.05) is 97.1 Å². The van der Waals surface area contributed by atoms with Gasteiger partial charge in [-0.25, -0.2) is 4.79 Å². The number of hydrogen-bond acceptors (Lipinski definition) is 9. The summed E-state index contributed by atoms with van der Waals surface area (Å²) in [6.07, 6.45) is 8.47. The molecule has 8 aromatic rings. The lowest BCUT2D eigenvalue weighted by Crippen LogP contribution is -2.34. The average molecular weight is 887 g/mol. The van der Waals surface area contributed by atoms with Crippen LogP contribution in [0.3, 0.4) is 0 Å². The smallest absolute Gasteiger partial charge is 0.339 e. The van der Waals surface area contributed by atoms with Crippen molar-refractivity contribution >= 4 is 39.7 Å². The van der Waals surface area contributed by atoms with Crippen molar-refractivity contribution in [1.82, 2.24) is 0 Å². The molecule has 0 amide bonds. The number of rotatable bonds is 8. The Morgan fingerprint density at radius 3 is 1.22 bits per heavy atom. The number of hydrogen-bond donors (Lipinski definition) is 0. The topological polar surface area (TPSA) is 90.9 Å². The second-order valence-corrected chi connectivity index (χ2v) is 16.7. The third-order valence-electron chi connectivity index (χ3n) is 13.4. The number of cyclic esters (lactones) is 1. The molecule has 0 saturated heterocycles. The lowest BCUT2D eigenvalue weighted by atomic mass is 9.82. The number of fused-ring (bicyclic) bond motifs is 12. The monoisotopic (exact) mass is 886 g/mol. The highest BCUT2D eigenvalue weighted by molar-refractivity contribution is 6.11. The molecule has 9 nitrogen and oxygen atoms in total. The van der Waals surface area contributed by atoms with Crippen LogP contribution in [0.4, 0.5) is 0 Å². The van der Waals surface area contributed by atoms with Crippen LogP contribution in [0.2, 0.25) is 0 Å². The van der Waals surface area contributed by atoms with Crippen LogP contribution in [0.25, 0.3) is 33.7 Å². The second kappa shape index (κ2) is 16.8. The van der Waals surface area contributed by atoms with Crippen molar-refractivity contribution in [1.29, 1.82) is 0 Å². The Morgan fingerprint density at radius 1 is 0.418 bits per heavy atom. The maximum absolute atomic E-state index is 12.5. The molecule has 0 bridgehead atoms. The quantitative estimate of drug-likeness (QED) is 0.138. The van der Waals surface area contributed by atoms with Gasteiger partial charge >= 0.3 is 5.97 Å². The zero-order valence-electron chi connectivity index (χ0n) is 37.5. The van der Waals surface area contributed by atoms with E-state index >= 15 is 0 Å². The van der Waals surface area contributed by atoms with Gasteiger partial charge in [0.1, 0.15) is 41.1 Å². The largest absolute Gasteiger partial charge is 0.497 e. The molecule has 0 aliphatic carbocycles. The van der Waals surface area contributed by atoms with Crippen molar-refractivity contribution in [3.8, 4) is 34.5 Å². The molecule has 0 radical (unpaired) electrons. The van der Waals surface area contributed by atoms with Crippen molar-refractivity contribution < 1.29 is 42.7 Å². The highest BCUT2D eigenvalue weighted by Crippen LogP contribution is 2.51. The third-order valence-corrected chi connectivity index (χ3v) is 13.4. The van der Waals surface area contributed by atoms with Gasteiger partial charge in [-0.1, -0.05) is 109 Å². The number of methoxy groups -OCH3 is 4. The molecule has 0 fully saturated rings. The van der Waals surface area contributed by atoms with E-state index in [1.165, 1.54) is 16.5 Å². The van der Waals surface area contributed by atoms with E-state index in [9.17, 15) is 4.79 Å². The highest BCUT2D eigenvalue weighted by Gasteiger charge is 2.42. The maximum Gasteiger partial charge on any atom is 0.339 e. The molecule has 332 valence electrons. The molecular weight excluding hydrogens is 841 g/mol. The molecule has 9 heteroatoms. The predicted molar refractivity (Wildman–Crippen MR) is 258 cm³/mol. The van der Waals surface area contributed by atoms with E-state index in [1.54, 1.807) is 28.4 Å². The van der Waals surface area contributed by atoms with Crippen molar-refractivity contribution in [2.45, 2.75) is 31.0 Å². The molecule has 0 atom stereocenters. The van der Waals surface area contributed by atoms with Gasteiger partial charge in [0, 0.05) is 55.1 Å². The first-order chi connectivity index (χ1) is 32.9. The second-order valence-electron chi connectivity index (χ2n) is 16.7. The minimum Gasteiger partial charge on any atom is -0.497 e. The van der Waals surface area contributed by atoms with Crippen LogP contribution in [0.15, 0.2) is 158 Å². The molecule has 0 N–H and O–H groups in total. The zero-order valence-corrected chi connectivity index (χ0v) is 37.5. The third kappa shape index (κ3) is 6.84. The van der Waals surface area contributed by atoms with Gasteiger partial charge in [0.2, 0.25) is 0 Å². The van der Waals surface area contributed by atoms with Gasteiger partial charge in [-0.3, -0.25) is 0 Å². The fourth-order valence-electron chi connectivity index (χ4n) is 9.88. The summed E-state index contributed by atoms with van der Waals surface area (Å²) in [4.78, 5) is 12.5. The Labute approximate surface area is 388 Å². The summed E-state index contributed by atoms with van der Waals surface area (Å²) in [6, 6.07) is 48.2. The molecular formula is C58H46O9. The Balaban J connectivity index is 0.000000148. The van der Waals surface area contributed by atoms with E-state index < -0.39 is 11.2 Å². The van der Waals surface area contributed by atoms with E-state index in [4.69, 9.17) is 37.9 Å². The highest BCUT2D eigenvalue weighted by atomic mass is 16.5. The van der Waals surface area contributed by atoms with E-state index in [0.29, 0.717) is 18.8 Å². The average Bonchev–Trinajstić information content (AvgIpc) is 4.06. The number of esters is 1. The van der Waals surface area contributed by atoms with Gasteiger partial charge in [-0.15, -0.1) is 0 Å². The van der Waals surface area contributed by atoms with E-state index in [0.717, 1.165) is 89.6 Å². The van der Waals surface area contributed by atoms with Gasteiger partial charge in [-0.2, -0.15) is 0 Å². The van der Waals surface area contributed by atoms with Gasteiger partial charge < -0.3 is 37.9 Å². The molecule has 67 heavy (non-hydrogen) atoms. The number of carbonyl (C=O) groups excluding carboxylic acids is 1. The minimum atomic E-state index is -0.883. The predicted octanol–water partition coefficient (Wildman–Crippen LogP) is 12.1. The van der Waals surface area contributed by atoms with Crippen molar-refractivity contribution in [3.05, 3.63) is 213 Å². The molecule has 0 aromatic heterocycles. The minimum absolute atomic E-state index is 0.243. The van der Waals surface area contributed by atoms with Gasteiger partial charge in [0.05, 0.1) is 47.2 Å². The van der Waals surface area contributed by atoms with Crippen LogP contribution in [0, 0.1) is 0 Å². The fourth-order valence-corrected chi connectivity index (χ4v) is 9.88. The SMILES string of the molecule is COc1ccc(C2(c3ccc(OC)cc3)C=Cc3c4c(c5ccccc5c3O2)C(=O)OC4)cc1.COc1ccc(C2(c3ccc(OC)cc3)C=Cc3c4c(c5ccccc5c3O2)COC4)cc1. The number of carbonyl (C=O) groups is 1. The molecule has 0 saturated carbocycles. The standard InChI is InChI=1S/C29H22O5.C29H24O4/c1-31-20-11-7-18(8-12-20)29(19-9-13-21(32-2)14-10-19)16-15-24-25-17-33-28(30)26(25)22-5-3-4-6-23(22)27(24)34-29;1-30-21-11-7-19(8-12-21)29(20-9-13-22(31-2)14-10-20)16-15-25-27-18-32-17-26(27)23-5-3-4-6-24(23)28(25)33-29/h3-16H,17H2,1-2H3;3-16H,17-18H2,1-2H3. The van der Waals surface area contributed by atoms with Crippen molar-refractivity contribution in [2.24, 2.45) is 0 Å². The molecule has 0 unspecified atom stereocenters. The molecule has 4 aliphatic heterocycles. The first-order valence-corrected chi connectivity index (χ1v) is 22.1. The molecule has 12 rings (SSSR count). The zero-order chi connectivity index (χ0) is 45.7. The number of benzene rings is 8. The van der Waals surface area contributed by atoms with Gasteiger partial charge in [-0.05, 0) is 77.2 Å². The molecule has 0 spiro atoms.